The third kappa shape index (κ3) is 2.83. The van der Waals surface area contributed by atoms with Crippen molar-refractivity contribution in [3.8, 4) is 0 Å². The first-order valence-electron chi connectivity index (χ1n) is 9.11. The second-order valence-corrected chi connectivity index (χ2v) is 6.76. The van der Waals surface area contributed by atoms with Crippen molar-refractivity contribution in [3.05, 3.63) is 59.5 Å². The summed E-state index contributed by atoms with van der Waals surface area (Å²) in [6, 6.07) is 8.38. The molecule has 0 fully saturated rings. The van der Waals surface area contributed by atoms with Crippen LogP contribution in [0.25, 0.3) is 10.9 Å². The van der Waals surface area contributed by atoms with Gasteiger partial charge in [-0.15, -0.1) is 5.10 Å². The number of nitrogens with zero attached hydrogens (tertiary/aromatic N) is 5. The van der Waals surface area contributed by atoms with Crippen LogP contribution >= 0.6 is 0 Å². The molecule has 8 heteroatoms. The number of hydrogen-bond donors (Lipinski definition) is 2. The number of nitrogens with one attached hydrogen (secondary N) is 2. The van der Waals surface area contributed by atoms with E-state index >= 15 is 0 Å². The van der Waals surface area contributed by atoms with E-state index in [0.717, 1.165) is 42.3 Å². The van der Waals surface area contributed by atoms with E-state index in [-0.39, 0.29) is 6.17 Å². The van der Waals surface area contributed by atoms with E-state index < -0.39 is 0 Å². The summed E-state index contributed by atoms with van der Waals surface area (Å²) in [5.74, 6) is 1.77. The number of benzene rings is 1. The fourth-order valence-electron chi connectivity index (χ4n) is 3.70. The highest BCUT2D eigenvalue weighted by Gasteiger charge is 2.31. The van der Waals surface area contributed by atoms with Crippen molar-refractivity contribution >= 4 is 17.1 Å². The first kappa shape index (κ1) is 15.9. The van der Waals surface area contributed by atoms with E-state index in [9.17, 15) is 0 Å². The van der Waals surface area contributed by atoms with Gasteiger partial charge in [-0.25, -0.2) is 0 Å². The lowest BCUT2D eigenvalue weighted by Crippen LogP contribution is -2.43. The Morgan fingerprint density at radius 1 is 1.30 bits per heavy atom. The third-order valence-corrected chi connectivity index (χ3v) is 4.98. The second-order valence-electron chi connectivity index (χ2n) is 6.76. The lowest BCUT2D eigenvalue weighted by atomic mass is 10.1. The fraction of sp³-hybridized carbons (Fsp3) is 0.316. The van der Waals surface area contributed by atoms with Gasteiger partial charge in [0.05, 0.1) is 19.0 Å². The van der Waals surface area contributed by atoms with Gasteiger partial charge in [0.25, 0.3) is 0 Å². The van der Waals surface area contributed by atoms with E-state index in [2.05, 4.69) is 49.9 Å². The first-order valence-corrected chi connectivity index (χ1v) is 9.11. The highest BCUT2D eigenvalue weighted by molar-refractivity contribution is 5.83. The maximum Gasteiger partial charge on any atom is 0.177 e. The van der Waals surface area contributed by atoms with E-state index in [0.29, 0.717) is 6.61 Å². The number of hydrogen-bond acceptors (Lipinski definition) is 6. The SMILES string of the molecule is Cn1cc(C2N=CC3=C(NCCO3)N2CCc2c[nH]c3ccccc23)nn1. The summed E-state index contributed by atoms with van der Waals surface area (Å²) in [4.78, 5) is 10.3. The predicted octanol–water partition coefficient (Wildman–Crippen LogP) is 1.71. The molecule has 3 aromatic rings. The van der Waals surface area contributed by atoms with Crippen LogP contribution in [0.4, 0.5) is 0 Å². The van der Waals surface area contributed by atoms with Crippen LogP contribution in [0.5, 0.6) is 0 Å². The van der Waals surface area contributed by atoms with Crippen molar-refractivity contribution in [1.82, 2.24) is 30.2 Å². The Bertz CT molecular complexity index is 1030. The maximum atomic E-state index is 5.79. The average molecular weight is 363 g/mol. The van der Waals surface area contributed by atoms with Crippen molar-refractivity contribution in [2.75, 3.05) is 19.7 Å². The third-order valence-electron chi connectivity index (χ3n) is 4.98. The Labute approximate surface area is 156 Å². The molecule has 0 saturated heterocycles. The van der Waals surface area contributed by atoms with E-state index in [1.807, 2.05) is 19.3 Å². The summed E-state index contributed by atoms with van der Waals surface area (Å²) in [6.07, 6.45) is 6.47. The van der Waals surface area contributed by atoms with Gasteiger partial charge in [-0.05, 0) is 18.1 Å². The molecule has 0 radical (unpaired) electrons. The van der Waals surface area contributed by atoms with Gasteiger partial charge >= 0.3 is 0 Å². The molecule has 4 heterocycles. The Morgan fingerprint density at radius 2 is 2.22 bits per heavy atom. The van der Waals surface area contributed by atoms with Gasteiger partial charge in [0.1, 0.15) is 18.1 Å². The molecule has 0 aliphatic carbocycles. The van der Waals surface area contributed by atoms with Gasteiger partial charge in [-0.2, -0.15) is 0 Å². The zero-order valence-electron chi connectivity index (χ0n) is 15.1. The lowest BCUT2D eigenvalue weighted by Gasteiger charge is -2.37. The Kier molecular flexibility index (Phi) is 3.81. The molecule has 0 spiro atoms. The quantitative estimate of drug-likeness (QED) is 0.737. The number of para-hydroxylation sites is 1. The van der Waals surface area contributed by atoms with Crippen molar-refractivity contribution in [1.29, 1.82) is 0 Å². The molecule has 27 heavy (non-hydrogen) atoms. The van der Waals surface area contributed by atoms with Crippen LogP contribution in [0, 0.1) is 0 Å². The summed E-state index contributed by atoms with van der Waals surface area (Å²) in [7, 11) is 1.87. The Morgan fingerprint density at radius 3 is 3.11 bits per heavy atom. The molecule has 0 bridgehead atoms. The smallest absolute Gasteiger partial charge is 0.177 e. The molecule has 2 aliphatic rings. The van der Waals surface area contributed by atoms with Gasteiger partial charge in [0.15, 0.2) is 11.9 Å². The predicted molar refractivity (Wildman–Crippen MR) is 102 cm³/mol. The highest BCUT2D eigenvalue weighted by Crippen LogP contribution is 2.30. The monoisotopic (exact) mass is 363 g/mol. The van der Waals surface area contributed by atoms with Crippen LogP contribution in [0.15, 0.2) is 53.2 Å². The van der Waals surface area contributed by atoms with Crippen molar-refractivity contribution in [2.45, 2.75) is 12.6 Å². The number of aryl methyl sites for hydroxylation is 1. The standard InChI is InChI=1S/C19H21N7O/c1-25-12-16(23-24-25)18-22-11-17-19(20-7-9-27-17)26(18)8-6-13-10-21-15-5-3-2-4-14(13)15/h2-5,10-12,18,20-21H,6-9H2,1H3. The summed E-state index contributed by atoms with van der Waals surface area (Å²) in [5.41, 5.74) is 3.28. The van der Waals surface area contributed by atoms with Crippen LogP contribution < -0.4 is 5.32 Å². The summed E-state index contributed by atoms with van der Waals surface area (Å²) >= 11 is 0. The normalized spacial score (nSPS) is 19.1. The summed E-state index contributed by atoms with van der Waals surface area (Å²) in [6.45, 7) is 2.22. The summed E-state index contributed by atoms with van der Waals surface area (Å²) < 4.78 is 7.49. The van der Waals surface area contributed by atoms with Gasteiger partial charge < -0.3 is 19.9 Å². The molecule has 2 aliphatic heterocycles. The molecule has 2 aromatic heterocycles. The van der Waals surface area contributed by atoms with Gasteiger partial charge in [-0.3, -0.25) is 9.67 Å². The highest BCUT2D eigenvalue weighted by atomic mass is 16.5. The van der Waals surface area contributed by atoms with Crippen molar-refractivity contribution < 1.29 is 4.74 Å². The van der Waals surface area contributed by atoms with Crippen molar-refractivity contribution in [2.24, 2.45) is 12.0 Å². The summed E-state index contributed by atoms with van der Waals surface area (Å²) in [5, 5.41) is 13.1. The lowest BCUT2D eigenvalue weighted by molar-refractivity contribution is 0.150. The van der Waals surface area contributed by atoms with Crippen molar-refractivity contribution in [3.63, 3.8) is 0 Å². The van der Waals surface area contributed by atoms with Crippen LogP contribution in [0.2, 0.25) is 0 Å². The van der Waals surface area contributed by atoms with Crippen LogP contribution in [0.1, 0.15) is 17.4 Å². The van der Waals surface area contributed by atoms with Gasteiger partial charge in [0.2, 0.25) is 0 Å². The number of aromatic nitrogens is 4. The number of fused-ring (bicyclic) bond motifs is 1. The zero-order chi connectivity index (χ0) is 18.2. The molecule has 0 amide bonds. The molecule has 0 saturated carbocycles. The van der Waals surface area contributed by atoms with E-state index in [4.69, 9.17) is 9.73 Å². The van der Waals surface area contributed by atoms with Gasteiger partial charge in [0, 0.05) is 30.7 Å². The number of aromatic amines is 1. The maximum absolute atomic E-state index is 5.79. The molecule has 1 atom stereocenters. The first-order chi connectivity index (χ1) is 13.3. The molecule has 5 rings (SSSR count). The average Bonchev–Trinajstić information content (AvgIpc) is 3.32. The molecular weight excluding hydrogens is 342 g/mol. The zero-order valence-corrected chi connectivity index (χ0v) is 15.1. The Balaban J connectivity index is 1.45. The van der Waals surface area contributed by atoms with E-state index in [1.165, 1.54) is 10.9 Å². The van der Waals surface area contributed by atoms with Crippen LogP contribution in [-0.2, 0) is 18.2 Å². The molecule has 1 unspecified atom stereocenters. The number of H-pyrrole nitrogens is 1. The molecule has 138 valence electrons. The largest absolute Gasteiger partial charge is 0.486 e. The molecule has 8 nitrogen and oxygen atoms in total. The second kappa shape index (κ2) is 6.46. The minimum Gasteiger partial charge on any atom is -0.486 e. The minimum atomic E-state index is -0.211. The van der Waals surface area contributed by atoms with Crippen LogP contribution in [0.3, 0.4) is 0 Å². The number of allylic oxidation sites excluding steroid dienone is 1. The fourth-order valence-corrected chi connectivity index (χ4v) is 3.70. The van der Waals surface area contributed by atoms with Gasteiger partial charge in [-0.1, -0.05) is 23.4 Å². The molecule has 2 N–H and O–H groups in total. The number of rotatable bonds is 4. The molecular formula is C19H21N7O. The Hall–Kier alpha value is -3.29. The number of aliphatic imine (C=N–C) groups is 1. The van der Waals surface area contributed by atoms with E-state index in [1.54, 1.807) is 10.9 Å². The minimum absolute atomic E-state index is 0.211. The molecule has 1 aromatic carbocycles. The van der Waals surface area contributed by atoms with Crippen LogP contribution in [-0.4, -0.2) is 50.8 Å². The number of ether oxygens (including phenoxy) is 1. The topological polar surface area (TPSA) is 83.4 Å².